The number of amides is 2. The molecule has 3 atom stereocenters. The summed E-state index contributed by atoms with van der Waals surface area (Å²) in [6, 6.07) is 13.5. The number of carbonyl (C=O) groups is 2. The highest BCUT2D eigenvalue weighted by atomic mass is 19.1. The lowest BCUT2D eigenvalue weighted by molar-refractivity contribution is -0.123. The minimum Gasteiger partial charge on any atom is -0.351 e. The molecular weight excluding hydrogens is 421 g/mol. The van der Waals surface area contributed by atoms with Gasteiger partial charge in [0.2, 0.25) is 5.91 Å². The molecule has 6 N–H and O–H groups in total. The summed E-state index contributed by atoms with van der Waals surface area (Å²) in [6.07, 6.45) is 0.727. The Hall–Kier alpha value is -3.23. The van der Waals surface area contributed by atoms with Gasteiger partial charge in [0.25, 0.3) is 5.91 Å². The molecule has 174 valence electrons. The van der Waals surface area contributed by atoms with Crippen LogP contribution in [0.15, 0.2) is 48.5 Å². The van der Waals surface area contributed by atoms with Gasteiger partial charge in [-0.1, -0.05) is 38.1 Å². The van der Waals surface area contributed by atoms with Crippen molar-refractivity contribution in [1.29, 1.82) is 0 Å². The normalized spacial score (nSPS) is 19.1. The van der Waals surface area contributed by atoms with Crippen molar-refractivity contribution in [2.75, 3.05) is 13.1 Å². The molecule has 2 unspecified atom stereocenters. The number of H-pyrrole nitrogens is 1. The number of rotatable bonds is 7. The van der Waals surface area contributed by atoms with Crippen LogP contribution in [0, 0.1) is 11.7 Å². The van der Waals surface area contributed by atoms with Crippen molar-refractivity contribution in [1.82, 2.24) is 20.9 Å². The maximum atomic E-state index is 13.2. The molecule has 1 fully saturated rings. The van der Waals surface area contributed by atoms with Gasteiger partial charge in [-0.05, 0) is 47.7 Å². The molecule has 7 nitrogen and oxygen atoms in total. The first kappa shape index (κ1) is 22.9. The second kappa shape index (κ2) is 9.72. The number of aromatic amines is 1. The van der Waals surface area contributed by atoms with Gasteiger partial charge in [0, 0.05) is 36.1 Å². The average molecular weight is 452 g/mol. The third-order valence-corrected chi connectivity index (χ3v) is 6.14. The SMILES string of the molecule is CC(C)[C@@H](N)C(=O)NC1CNC(CNC(=O)c2cc3ccc(-c4ccc(F)cc4)cc3[nH]2)C1. The number of fused-ring (bicyclic) bond motifs is 1. The molecule has 1 saturated heterocycles. The predicted octanol–water partition coefficient (Wildman–Crippen LogP) is 2.53. The summed E-state index contributed by atoms with van der Waals surface area (Å²) in [7, 11) is 0. The standard InChI is InChI=1S/C25H30FN5O2/c1-14(2)23(27)25(33)30-20-11-19(28-13-20)12-29-24(32)22-10-17-4-3-16(9-21(17)31-22)15-5-7-18(26)8-6-15/h3-10,14,19-20,23,28,31H,11-13,27H2,1-2H3,(H,29,32)(H,30,33)/t19?,20?,23-/m1/s1. The summed E-state index contributed by atoms with van der Waals surface area (Å²) < 4.78 is 13.2. The van der Waals surface area contributed by atoms with Crippen molar-refractivity contribution in [3.8, 4) is 11.1 Å². The van der Waals surface area contributed by atoms with Crippen LogP contribution in [0.3, 0.4) is 0 Å². The minimum absolute atomic E-state index is 0.00200. The van der Waals surface area contributed by atoms with E-state index in [-0.39, 0.29) is 35.6 Å². The van der Waals surface area contributed by atoms with E-state index >= 15 is 0 Å². The largest absolute Gasteiger partial charge is 0.351 e. The molecule has 2 heterocycles. The Bertz CT molecular complexity index is 1140. The lowest BCUT2D eigenvalue weighted by Gasteiger charge is -2.18. The number of aromatic nitrogens is 1. The lowest BCUT2D eigenvalue weighted by atomic mass is 10.0. The average Bonchev–Trinajstić information content (AvgIpc) is 3.43. The van der Waals surface area contributed by atoms with Crippen molar-refractivity contribution < 1.29 is 14.0 Å². The van der Waals surface area contributed by atoms with Gasteiger partial charge in [0.05, 0.1) is 6.04 Å². The molecule has 33 heavy (non-hydrogen) atoms. The van der Waals surface area contributed by atoms with E-state index in [4.69, 9.17) is 5.73 Å². The Morgan fingerprint density at radius 2 is 1.85 bits per heavy atom. The minimum atomic E-state index is -0.519. The summed E-state index contributed by atoms with van der Waals surface area (Å²) in [4.78, 5) is 28.0. The number of nitrogens with one attached hydrogen (secondary N) is 4. The van der Waals surface area contributed by atoms with Gasteiger partial charge in [-0.3, -0.25) is 9.59 Å². The second-order valence-corrected chi connectivity index (χ2v) is 9.02. The maximum absolute atomic E-state index is 13.2. The van der Waals surface area contributed by atoms with E-state index in [1.165, 1.54) is 12.1 Å². The zero-order valence-corrected chi connectivity index (χ0v) is 18.8. The number of benzene rings is 2. The highest BCUT2D eigenvalue weighted by Crippen LogP contribution is 2.25. The second-order valence-electron chi connectivity index (χ2n) is 9.02. The van der Waals surface area contributed by atoms with Crippen LogP contribution in [0.1, 0.15) is 30.8 Å². The molecule has 1 aliphatic rings. The Morgan fingerprint density at radius 1 is 1.12 bits per heavy atom. The maximum Gasteiger partial charge on any atom is 0.267 e. The van der Waals surface area contributed by atoms with Crippen LogP contribution in [-0.2, 0) is 4.79 Å². The Balaban J connectivity index is 1.33. The van der Waals surface area contributed by atoms with Gasteiger partial charge in [-0.15, -0.1) is 0 Å². The highest BCUT2D eigenvalue weighted by Gasteiger charge is 2.28. The van der Waals surface area contributed by atoms with Crippen LogP contribution < -0.4 is 21.7 Å². The van der Waals surface area contributed by atoms with E-state index in [1.807, 2.05) is 38.1 Å². The summed E-state index contributed by atoms with van der Waals surface area (Å²) in [5, 5.41) is 10.2. The molecular formula is C25H30FN5O2. The number of hydrogen-bond donors (Lipinski definition) is 5. The van der Waals surface area contributed by atoms with Crippen molar-refractivity contribution in [3.05, 3.63) is 60.0 Å². The quantitative estimate of drug-likeness (QED) is 0.380. The van der Waals surface area contributed by atoms with Crippen molar-refractivity contribution in [3.63, 3.8) is 0 Å². The zero-order valence-electron chi connectivity index (χ0n) is 18.8. The molecule has 0 bridgehead atoms. The molecule has 0 saturated carbocycles. The lowest BCUT2D eigenvalue weighted by Crippen LogP contribution is -2.48. The highest BCUT2D eigenvalue weighted by molar-refractivity contribution is 5.98. The van der Waals surface area contributed by atoms with E-state index in [9.17, 15) is 14.0 Å². The van der Waals surface area contributed by atoms with Gasteiger partial charge in [0.15, 0.2) is 0 Å². The van der Waals surface area contributed by atoms with E-state index < -0.39 is 6.04 Å². The van der Waals surface area contributed by atoms with Crippen LogP contribution in [0.2, 0.25) is 0 Å². The molecule has 0 radical (unpaired) electrons. The molecule has 3 aromatic rings. The Labute approximate surface area is 192 Å². The summed E-state index contributed by atoms with van der Waals surface area (Å²) in [5.74, 6) is -0.522. The summed E-state index contributed by atoms with van der Waals surface area (Å²) in [5.41, 5.74) is 9.07. The summed E-state index contributed by atoms with van der Waals surface area (Å²) >= 11 is 0. The van der Waals surface area contributed by atoms with Crippen LogP contribution in [-0.4, -0.2) is 48.0 Å². The van der Waals surface area contributed by atoms with Crippen molar-refractivity contribution in [2.45, 2.75) is 38.4 Å². The van der Waals surface area contributed by atoms with E-state index in [0.29, 0.717) is 18.8 Å². The fraction of sp³-hybridized carbons (Fsp3) is 0.360. The number of carbonyl (C=O) groups excluding carboxylic acids is 2. The van der Waals surface area contributed by atoms with Crippen LogP contribution in [0.25, 0.3) is 22.0 Å². The fourth-order valence-corrected chi connectivity index (χ4v) is 4.07. The Kier molecular flexibility index (Phi) is 6.76. The van der Waals surface area contributed by atoms with Crippen LogP contribution >= 0.6 is 0 Å². The number of hydrogen-bond acceptors (Lipinski definition) is 4. The Morgan fingerprint density at radius 3 is 2.58 bits per heavy atom. The first-order valence-electron chi connectivity index (χ1n) is 11.3. The van der Waals surface area contributed by atoms with Crippen molar-refractivity contribution in [2.24, 2.45) is 11.7 Å². The third kappa shape index (κ3) is 5.40. The van der Waals surface area contributed by atoms with Gasteiger partial charge >= 0.3 is 0 Å². The van der Waals surface area contributed by atoms with Crippen LogP contribution in [0.4, 0.5) is 4.39 Å². The molecule has 2 amide bonds. The van der Waals surface area contributed by atoms with E-state index in [1.54, 1.807) is 12.1 Å². The topological polar surface area (TPSA) is 112 Å². The zero-order chi connectivity index (χ0) is 23.5. The smallest absolute Gasteiger partial charge is 0.267 e. The number of nitrogens with two attached hydrogens (primary N) is 1. The molecule has 0 aliphatic carbocycles. The molecule has 8 heteroatoms. The van der Waals surface area contributed by atoms with Gasteiger partial charge in [0.1, 0.15) is 11.5 Å². The fourth-order valence-electron chi connectivity index (χ4n) is 4.07. The molecule has 1 aromatic heterocycles. The molecule has 2 aromatic carbocycles. The van der Waals surface area contributed by atoms with E-state index in [2.05, 4.69) is 20.9 Å². The van der Waals surface area contributed by atoms with Gasteiger partial charge < -0.3 is 26.7 Å². The molecule has 4 rings (SSSR count). The summed E-state index contributed by atoms with van der Waals surface area (Å²) in [6.45, 7) is 4.94. The molecule has 0 spiro atoms. The molecule has 1 aliphatic heterocycles. The van der Waals surface area contributed by atoms with Crippen molar-refractivity contribution >= 4 is 22.7 Å². The van der Waals surface area contributed by atoms with Gasteiger partial charge in [-0.25, -0.2) is 4.39 Å². The van der Waals surface area contributed by atoms with Gasteiger partial charge in [-0.2, -0.15) is 0 Å². The van der Waals surface area contributed by atoms with E-state index in [0.717, 1.165) is 28.5 Å². The first-order valence-corrected chi connectivity index (χ1v) is 11.3. The first-order chi connectivity index (χ1) is 15.8. The monoisotopic (exact) mass is 451 g/mol. The third-order valence-electron chi connectivity index (χ3n) is 6.14. The predicted molar refractivity (Wildman–Crippen MR) is 127 cm³/mol. The number of halogens is 1. The van der Waals surface area contributed by atoms with Crippen LogP contribution in [0.5, 0.6) is 0 Å².